The van der Waals surface area contributed by atoms with Gasteiger partial charge in [0.15, 0.2) is 0 Å². The number of unbranched alkanes of at least 4 members (excludes halogenated alkanes) is 5. The first-order valence-electron chi connectivity index (χ1n) is 7.85. The van der Waals surface area contributed by atoms with Crippen molar-refractivity contribution in [3.63, 3.8) is 0 Å². The second-order valence-corrected chi connectivity index (χ2v) is 5.48. The van der Waals surface area contributed by atoms with Crippen LogP contribution < -0.4 is 0 Å². The van der Waals surface area contributed by atoms with Crippen molar-refractivity contribution in [3.05, 3.63) is 0 Å². The van der Waals surface area contributed by atoms with Crippen LogP contribution in [-0.2, 0) is 0 Å². The number of piperidine rings is 1. The number of nitrogens with zero attached hydrogens (tertiary/aromatic N) is 2. The van der Waals surface area contributed by atoms with Gasteiger partial charge in [0.2, 0.25) is 0 Å². The van der Waals surface area contributed by atoms with E-state index in [-0.39, 0.29) is 0 Å². The molecule has 1 rings (SSSR count). The van der Waals surface area contributed by atoms with Gasteiger partial charge in [0.05, 0.1) is 0 Å². The third-order valence-electron chi connectivity index (χ3n) is 4.01. The molecule has 1 unspecified atom stereocenters. The van der Waals surface area contributed by atoms with Gasteiger partial charge in [-0.3, -0.25) is 0 Å². The first-order chi connectivity index (χ1) is 8.86. The fraction of sp³-hybridized carbons (Fsp3) is 0.938. The molecule has 1 atom stereocenters. The monoisotopic (exact) mass is 252 g/mol. The van der Waals surface area contributed by atoms with Crippen LogP contribution in [0.2, 0.25) is 0 Å². The normalized spacial score (nSPS) is 20.1. The van der Waals surface area contributed by atoms with Gasteiger partial charge in [0.25, 0.3) is 0 Å². The van der Waals surface area contributed by atoms with Gasteiger partial charge < -0.3 is 4.90 Å². The summed E-state index contributed by atoms with van der Waals surface area (Å²) in [5.74, 6) is 0.994. The maximum atomic E-state index is 6.50. The molecule has 1 saturated heterocycles. The Kier molecular flexibility index (Phi) is 12.5. The topological polar surface area (TPSA) is 27.0 Å². The predicted octanol–water partition coefficient (Wildman–Crippen LogP) is 4.61. The zero-order valence-electron chi connectivity index (χ0n) is 12.5. The zero-order valence-corrected chi connectivity index (χ0v) is 12.5. The molecular formula is C16H32N2. The molecule has 1 aliphatic heterocycles. The van der Waals surface area contributed by atoms with E-state index >= 15 is 0 Å². The minimum Gasteiger partial charge on any atom is -0.303 e. The second kappa shape index (κ2) is 12.9. The Bertz CT molecular complexity index is 189. The highest BCUT2D eigenvalue weighted by molar-refractivity contribution is 4.71. The van der Waals surface area contributed by atoms with Crippen LogP contribution in [0.3, 0.4) is 0 Å². The summed E-state index contributed by atoms with van der Waals surface area (Å²) < 4.78 is 0. The number of likely N-dealkylation sites (tertiary alicyclic amines) is 1. The zero-order chi connectivity index (χ0) is 13.6. The predicted molar refractivity (Wildman–Crippen MR) is 79.5 cm³/mol. The number of hydrogen-bond acceptors (Lipinski definition) is 2. The van der Waals surface area contributed by atoms with Gasteiger partial charge in [-0.1, -0.05) is 52.4 Å². The Morgan fingerprint density at radius 1 is 1.06 bits per heavy atom. The van der Waals surface area contributed by atoms with Crippen LogP contribution in [0.1, 0.15) is 71.6 Å². The van der Waals surface area contributed by atoms with Crippen LogP contribution in [0.15, 0.2) is 0 Å². The van der Waals surface area contributed by atoms with E-state index in [2.05, 4.69) is 25.3 Å². The molecule has 0 aliphatic carbocycles. The van der Waals surface area contributed by atoms with Gasteiger partial charge >= 0.3 is 0 Å². The van der Waals surface area contributed by atoms with Crippen LogP contribution in [0.4, 0.5) is 0 Å². The molecule has 0 radical (unpaired) electrons. The van der Waals surface area contributed by atoms with Crippen LogP contribution in [0.5, 0.6) is 0 Å². The molecular weight excluding hydrogens is 220 g/mol. The molecule has 0 aromatic heterocycles. The van der Waals surface area contributed by atoms with E-state index in [0.29, 0.717) is 0 Å². The van der Waals surface area contributed by atoms with E-state index in [4.69, 9.17) is 5.26 Å². The van der Waals surface area contributed by atoms with E-state index in [1.807, 2.05) is 0 Å². The standard InChI is InChI=1S/C15H31N.CHN/c1-3-5-6-7-8-9-12-16-13-10-11-15(4-2)14-16;1-2/h15H,3-14H2,1-2H3;1H. The van der Waals surface area contributed by atoms with Crippen molar-refractivity contribution in [2.45, 2.75) is 71.6 Å². The highest BCUT2D eigenvalue weighted by atomic mass is 15.1. The van der Waals surface area contributed by atoms with Gasteiger partial charge in [0, 0.05) is 13.1 Å². The maximum absolute atomic E-state index is 6.50. The summed E-state index contributed by atoms with van der Waals surface area (Å²) in [6.45, 7) is 12.2. The molecule has 0 aromatic rings. The Labute approximate surface area is 114 Å². The van der Waals surface area contributed by atoms with E-state index in [0.717, 1.165) is 5.92 Å². The molecule has 0 saturated carbocycles. The third-order valence-corrected chi connectivity index (χ3v) is 4.01. The van der Waals surface area contributed by atoms with E-state index in [1.165, 1.54) is 77.4 Å². The first kappa shape index (κ1) is 17.4. The SMILES string of the molecule is C#N.CCCCCCCCN1CCCC(CC)C1. The molecule has 18 heavy (non-hydrogen) atoms. The summed E-state index contributed by atoms with van der Waals surface area (Å²) in [5.41, 5.74) is 0. The van der Waals surface area contributed by atoms with Crippen molar-refractivity contribution < 1.29 is 0 Å². The highest BCUT2D eigenvalue weighted by Gasteiger charge is 2.17. The van der Waals surface area contributed by atoms with E-state index in [9.17, 15) is 0 Å². The summed E-state index contributed by atoms with van der Waals surface area (Å²) in [4.78, 5) is 2.71. The van der Waals surface area contributed by atoms with Crippen molar-refractivity contribution in [1.82, 2.24) is 4.90 Å². The maximum Gasteiger partial charge on any atom is 0.0462 e. The lowest BCUT2D eigenvalue weighted by Crippen LogP contribution is -2.35. The Morgan fingerprint density at radius 3 is 2.39 bits per heavy atom. The third kappa shape index (κ3) is 8.53. The number of rotatable bonds is 8. The van der Waals surface area contributed by atoms with Crippen molar-refractivity contribution in [1.29, 1.82) is 5.26 Å². The summed E-state index contributed by atoms with van der Waals surface area (Å²) in [6, 6.07) is 0. The van der Waals surface area contributed by atoms with Crippen molar-refractivity contribution >= 4 is 0 Å². The van der Waals surface area contributed by atoms with E-state index in [1.54, 1.807) is 0 Å². The van der Waals surface area contributed by atoms with Gasteiger partial charge in [-0.2, -0.15) is 0 Å². The summed E-state index contributed by atoms with van der Waals surface area (Å²) in [6.07, 6.45) is 12.9. The second-order valence-electron chi connectivity index (χ2n) is 5.48. The average molecular weight is 252 g/mol. The molecule has 1 aliphatic rings. The van der Waals surface area contributed by atoms with Gasteiger partial charge in [0.1, 0.15) is 0 Å². The van der Waals surface area contributed by atoms with Crippen molar-refractivity contribution in [2.75, 3.05) is 19.6 Å². The van der Waals surface area contributed by atoms with Crippen LogP contribution >= 0.6 is 0 Å². The van der Waals surface area contributed by atoms with Crippen LogP contribution in [0, 0.1) is 17.8 Å². The summed E-state index contributed by atoms with van der Waals surface area (Å²) in [7, 11) is 0. The average Bonchev–Trinajstić information content (AvgIpc) is 2.45. The van der Waals surface area contributed by atoms with Gasteiger partial charge in [-0.15, -0.1) is 0 Å². The molecule has 0 aromatic carbocycles. The van der Waals surface area contributed by atoms with Crippen LogP contribution in [0.25, 0.3) is 0 Å². The quantitative estimate of drug-likeness (QED) is 0.590. The van der Waals surface area contributed by atoms with Gasteiger partial charge in [-0.25, -0.2) is 5.26 Å². The van der Waals surface area contributed by atoms with Crippen molar-refractivity contribution in [2.24, 2.45) is 5.92 Å². The largest absolute Gasteiger partial charge is 0.303 e. The number of hydrogen-bond donors (Lipinski definition) is 0. The molecule has 106 valence electrons. The molecule has 0 N–H and O–H groups in total. The lowest BCUT2D eigenvalue weighted by atomic mass is 9.95. The highest BCUT2D eigenvalue weighted by Crippen LogP contribution is 2.19. The lowest BCUT2D eigenvalue weighted by Gasteiger charge is -2.32. The molecule has 1 fully saturated rings. The Hall–Kier alpha value is -0.550. The Balaban J connectivity index is 0.00000137. The van der Waals surface area contributed by atoms with Crippen molar-refractivity contribution in [3.8, 4) is 6.57 Å². The first-order valence-corrected chi connectivity index (χ1v) is 7.85. The van der Waals surface area contributed by atoms with E-state index < -0.39 is 0 Å². The molecule has 0 amide bonds. The number of nitriles is 1. The summed E-state index contributed by atoms with van der Waals surface area (Å²) >= 11 is 0. The van der Waals surface area contributed by atoms with Gasteiger partial charge in [-0.05, 0) is 38.3 Å². The molecule has 1 heterocycles. The minimum atomic E-state index is 0.994. The summed E-state index contributed by atoms with van der Waals surface area (Å²) in [5, 5.41) is 6.50. The molecule has 2 nitrogen and oxygen atoms in total. The molecule has 2 heteroatoms. The molecule has 0 bridgehead atoms. The fourth-order valence-electron chi connectivity index (χ4n) is 2.80. The molecule has 0 spiro atoms. The smallest absolute Gasteiger partial charge is 0.0462 e. The minimum absolute atomic E-state index is 0.994. The fourth-order valence-corrected chi connectivity index (χ4v) is 2.80. The van der Waals surface area contributed by atoms with Crippen LogP contribution in [-0.4, -0.2) is 24.5 Å². The lowest BCUT2D eigenvalue weighted by molar-refractivity contribution is 0.169. The Morgan fingerprint density at radius 2 is 1.72 bits per heavy atom.